The fourth-order valence-electron chi connectivity index (χ4n) is 1.55. The number of carboxylic acids is 1. The van der Waals surface area contributed by atoms with Crippen molar-refractivity contribution in [2.24, 2.45) is 0 Å². The van der Waals surface area contributed by atoms with Gasteiger partial charge >= 0.3 is 25.2 Å². The van der Waals surface area contributed by atoms with E-state index in [4.69, 9.17) is 5.11 Å². The van der Waals surface area contributed by atoms with Crippen LogP contribution >= 0.6 is 0 Å². The molecule has 0 bridgehead atoms. The first-order chi connectivity index (χ1) is 11.2. The monoisotopic (exact) mass is 354 g/mol. The zero-order valence-electron chi connectivity index (χ0n) is 12.3. The molecule has 134 valence electrons. The number of nitrogens with one attached hydrogen (secondary N) is 1. The first kappa shape index (κ1) is 19.3. The van der Waals surface area contributed by atoms with E-state index in [0.717, 1.165) is 23.1 Å². The number of halogens is 4. The van der Waals surface area contributed by atoms with E-state index < -0.39 is 36.7 Å². The van der Waals surface area contributed by atoms with Crippen molar-refractivity contribution in [1.82, 2.24) is 4.90 Å². The molecule has 0 aliphatic carbocycles. The van der Waals surface area contributed by atoms with Crippen molar-refractivity contribution in [3.05, 3.63) is 18.2 Å². The lowest BCUT2D eigenvalue weighted by molar-refractivity contribution is -0.137. The third kappa shape index (κ3) is 6.58. The van der Waals surface area contributed by atoms with E-state index in [1.54, 1.807) is 0 Å². The van der Waals surface area contributed by atoms with E-state index in [2.05, 4.69) is 14.8 Å². The Labute approximate surface area is 133 Å². The highest BCUT2D eigenvalue weighted by atomic mass is 19.3. The van der Waals surface area contributed by atoms with Crippen LogP contribution < -0.4 is 14.8 Å². The van der Waals surface area contributed by atoms with Crippen LogP contribution in [-0.4, -0.2) is 48.8 Å². The lowest BCUT2D eigenvalue weighted by atomic mass is 10.2. The summed E-state index contributed by atoms with van der Waals surface area (Å²) in [5.41, 5.74) is -0.218. The smallest absolute Gasteiger partial charge is 0.387 e. The number of hydrogen-bond donors (Lipinski definition) is 2. The van der Waals surface area contributed by atoms with Crippen LogP contribution in [0.25, 0.3) is 0 Å². The Hall–Kier alpha value is -2.72. The maximum Gasteiger partial charge on any atom is 0.387 e. The lowest BCUT2D eigenvalue weighted by Crippen LogP contribution is -2.33. The van der Waals surface area contributed by atoms with E-state index >= 15 is 0 Å². The van der Waals surface area contributed by atoms with Crippen LogP contribution in [0.1, 0.15) is 6.42 Å². The maximum atomic E-state index is 12.4. The molecule has 0 aliphatic rings. The maximum absolute atomic E-state index is 12.4. The Bertz CT molecular complexity index is 585. The van der Waals surface area contributed by atoms with Crippen molar-refractivity contribution in [2.75, 3.05) is 18.9 Å². The van der Waals surface area contributed by atoms with Crippen molar-refractivity contribution in [2.45, 2.75) is 19.6 Å². The van der Waals surface area contributed by atoms with Gasteiger partial charge < -0.3 is 24.8 Å². The highest BCUT2D eigenvalue weighted by molar-refractivity contribution is 5.91. The molecule has 2 N–H and O–H groups in total. The van der Waals surface area contributed by atoms with Crippen LogP contribution in [0.5, 0.6) is 11.5 Å². The summed E-state index contributed by atoms with van der Waals surface area (Å²) < 4.78 is 57.3. The second-order valence-corrected chi connectivity index (χ2v) is 4.41. The van der Waals surface area contributed by atoms with Crippen LogP contribution in [0.3, 0.4) is 0 Å². The minimum absolute atomic E-state index is 0.126. The molecular weight excluding hydrogens is 340 g/mol. The van der Waals surface area contributed by atoms with Crippen LogP contribution in [0.15, 0.2) is 18.2 Å². The average Bonchev–Trinajstić information content (AvgIpc) is 2.46. The Morgan fingerprint density at radius 1 is 1.21 bits per heavy atom. The summed E-state index contributed by atoms with van der Waals surface area (Å²) in [4.78, 5) is 23.3. The molecule has 24 heavy (non-hydrogen) atoms. The number of carbonyl (C=O) groups excluding carboxylic acids is 1. The normalized spacial score (nSPS) is 10.6. The standard InChI is InChI=1S/C13H14F4N2O5/c1-19(5-4-10(20)21)13(22)18-8-3-2-7(23-11(14)15)6-9(8)24-12(16)17/h2-3,6,11-12H,4-5H2,1H3,(H,18,22)(H,20,21). The Morgan fingerprint density at radius 3 is 2.38 bits per heavy atom. The Morgan fingerprint density at radius 2 is 1.83 bits per heavy atom. The van der Waals surface area contributed by atoms with Gasteiger partial charge in [0, 0.05) is 19.7 Å². The van der Waals surface area contributed by atoms with Gasteiger partial charge in [0.25, 0.3) is 0 Å². The van der Waals surface area contributed by atoms with Crippen LogP contribution in [0.4, 0.5) is 28.0 Å². The van der Waals surface area contributed by atoms with Crippen molar-refractivity contribution >= 4 is 17.7 Å². The van der Waals surface area contributed by atoms with Crippen LogP contribution in [0, 0.1) is 0 Å². The number of carbonyl (C=O) groups is 2. The highest BCUT2D eigenvalue weighted by Gasteiger charge is 2.17. The predicted octanol–water partition coefficient (Wildman–Crippen LogP) is 2.83. The quantitative estimate of drug-likeness (QED) is 0.701. The molecule has 0 saturated carbocycles. The third-order valence-corrected chi connectivity index (χ3v) is 2.64. The molecule has 0 unspecified atom stereocenters. The number of amides is 2. The summed E-state index contributed by atoms with van der Waals surface area (Å²) in [6, 6.07) is 2.04. The van der Waals surface area contributed by atoms with Crippen LogP contribution in [-0.2, 0) is 4.79 Å². The Kier molecular flexibility index (Phi) is 7.08. The fraction of sp³-hybridized carbons (Fsp3) is 0.385. The molecule has 0 saturated heterocycles. The molecule has 1 rings (SSSR count). The lowest BCUT2D eigenvalue weighted by Gasteiger charge is -2.19. The van der Waals surface area contributed by atoms with Gasteiger partial charge in [-0.3, -0.25) is 4.79 Å². The minimum Gasteiger partial charge on any atom is -0.481 e. The number of aliphatic carboxylic acids is 1. The number of ether oxygens (including phenoxy) is 2. The average molecular weight is 354 g/mol. The molecule has 0 atom stereocenters. The van der Waals surface area contributed by atoms with Crippen LogP contribution in [0.2, 0.25) is 0 Å². The highest BCUT2D eigenvalue weighted by Crippen LogP contribution is 2.31. The molecule has 11 heteroatoms. The van der Waals surface area contributed by atoms with Crippen molar-refractivity contribution in [1.29, 1.82) is 0 Å². The Balaban J connectivity index is 2.88. The fourth-order valence-corrected chi connectivity index (χ4v) is 1.55. The molecule has 0 spiro atoms. The van der Waals surface area contributed by atoms with E-state index in [1.165, 1.54) is 7.05 Å². The van der Waals surface area contributed by atoms with Crippen molar-refractivity contribution in [3.8, 4) is 11.5 Å². The summed E-state index contributed by atoms with van der Waals surface area (Å²) in [7, 11) is 1.29. The van der Waals surface area contributed by atoms with E-state index in [1.807, 2.05) is 0 Å². The molecule has 1 aromatic carbocycles. The minimum atomic E-state index is -3.26. The summed E-state index contributed by atoms with van der Waals surface area (Å²) in [5, 5.41) is 10.8. The number of nitrogens with zero attached hydrogens (tertiary/aromatic N) is 1. The number of rotatable bonds is 8. The van der Waals surface area contributed by atoms with Gasteiger partial charge in [-0.05, 0) is 12.1 Å². The zero-order chi connectivity index (χ0) is 18.3. The van der Waals surface area contributed by atoms with Crippen molar-refractivity contribution < 1.29 is 41.7 Å². The number of hydrogen-bond acceptors (Lipinski definition) is 4. The van der Waals surface area contributed by atoms with Gasteiger partial charge in [0.2, 0.25) is 0 Å². The second kappa shape index (κ2) is 8.79. The zero-order valence-corrected chi connectivity index (χ0v) is 12.3. The molecular formula is C13H14F4N2O5. The molecule has 0 aromatic heterocycles. The molecule has 2 amide bonds. The number of anilines is 1. The number of urea groups is 1. The van der Waals surface area contributed by atoms with Gasteiger partial charge in [-0.2, -0.15) is 17.6 Å². The number of alkyl halides is 4. The SMILES string of the molecule is CN(CCC(=O)O)C(=O)Nc1ccc(OC(F)F)cc1OC(F)F. The first-order valence-corrected chi connectivity index (χ1v) is 6.46. The van der Waals surface area contributed by atoms with Crippen molar-refractivity contribution in [3.63, 3.8) is 0 Å². The third-order valence-electron chi connectivity index (χ3n) is 2.64. The van der Waals surface area contributed by atoms with Gasteiger partial charge in [-0.1, -0.05) is 0 Å². The number of carboxylic acid groups (broad SMARTS) is 1. The number of benzene rings is 1. The predicted molar refractivity (Wildman–Crippen MR) is 73.6 cm³/mol. The van der Waals surface area contributed by atoms with Gasteiger partial charge in [0.15, 0.2) is 5.75 Å². The first-order valence-electron chi connectivity index (χ1n) is 6.46. The molecule has 7 nitrogen and oxygen atoms in total. The molecule has 0 aliphatic heterocycles. The van der Waals surface area contributed by atoms with Gasteiger partial charge in [-0.15, -0.1) is 0 Å². The molecule has 0 fully saturated rings. The van der Waals surface area contributed by atoms with E-state index in [0.29, 0.717) is 0 Å². The van der Waals surface area contributed by atoms with Gasteiger partial charge in [0.1, 0.15) is 5.75 Å². The topological polar surface area (TPSA) is 88.1 Å². The molecule has 0 radical (unpaired) electrons. The summed E-state index contributed by atoms with van der Waals surface area (Å²) >= 11 is 0. The largest absolute Gasteiger partial charge is 0.481 e. The summed E-state index contributed by atoms with van der Waals surface area (Å²) in [6.07, 6.45) is -0.314. The second-order valence-electron chi connectivity index (χ2n) is 4.41. The summed E-state index contributed by atoms with van der Waals surface area (Å²) in [6.45, 7) is -6.54. The van der Waals surface area contributed by atoms with Gasteiger partial charge in [-0.25, -0.2) is 4.79 Å². The van der Waals surface area contributed by atoms with E-state index in [-0.39, 0.29) is 18.7 Å². The molecule has 0 heterocycles. The van der Waals surface area contributed by atoms with Gasteiger partial charge in [0.05, 0.1) is 12.1 Å². The summed E-state index contributed by atoms with van der Waals surface area (Å²) in [5.74, 6) is -2.13. The molecule has 1 aromatic rings. The van der Waals surface area contributed by atoms with E-state index in [9.17, 15) is 27.2 Å².